The maximum absolute atomic E-state index is 11.5. The van der Waals surface area contributed by atoms with Crippen molar-refractivity contribution < 1.29 is 24.2 Å². The van der Waals surface area contributed by atoms with Crippen LogP contribution < -0.4 is 10.1 Å². The lowest BCUT2D eigenvalue weighted by molar-refractivity contribution is 0.0525. The van der Waals surface area contributed by atoms with Gasteiger partial charge in [0.15, 0.2) is 0 Å². The van der Waals surface area contributed by atoms with Crippen molar-refractivity contribution in [3.8, 4) is 5.75 Å². The van der Waals surface area contributed by atoms with Gasteiger partial charge in [-0.25, -0.2) is 9.59 Å². The highest BCUT2D eigenvalue weighted by Gasteiger charge is 2.15. The summed E-state index contributed by atoms with van der Waals surface area (Å²) in [6.45, 7) is 9.77. The van der Waals surface area contributed by atoms with Crippen molar-refractivity contribution in [3.63, 3.8) is 0 Å². The number of carbonyl (C=O) groups excluding carboxylic acids is 1. The molecule has 2 N–H and O–H groups in total. The van der Waals surface area contributed by atoms with Gasteiger partial charge in [-0.05, 0) is 64.3 Å². The molecule has 0 spiro atoms. The van der Waals surface area contributed by atoms with Crippen LogP contribution in [-0.4, -0.2) is 35.9 Å². The van der Waals surface area contributed by atoms with Crippen molar-refractivity contribution in [1.29, 1.82) is 0 Å². The van der Waals surface area contributed by atoms with Crippen LogP contribution in [0.5, 0.6) is 5.75 Å². The van der Waals surface area contributed by atoms with E-state index in [0.29, 0.717) is 42.0 Å². The Labute approximate surface area is 136 Å². The Morgan fingerprint density at radius 2 is 1.74 bits per heavy atom. The zero-order valence-electron chi connectivity index (χ0n) is 14.4. The topological polar surface area (TPSA) is 84.9 Å². The van der Waals surface area contributed by atoms with Crippen molar-refractivity contribution in [2.24, 2.45) is 0 Å². The van der Waals surface area contributed by atoms with Gasteiger partial charge in [0.25, 0.3) is 0 Å². The number of benzene rings is 1. The van der Waals surface area contributed by atoms with Gasteiger partial charge < -0.3 is 19.9 Å². The zero-order chi connectivity index (χ0) is 17.6. The molecule has 6 heteroatoms. The highest BCUT2D eigenvalue weighted by atomic mass is 16.6. The molecule has 1 amide bonds. The van der Waals surface area contributed by atoms with Crippen molar-refractivity contribution in [2.45, 2.75) is 46.6 Å². The molecule has 0 aliphatic rings. The van der Waals surface area contributed by atoms with Crippen LogP contribution in [-0.2, 0) is 4.74 Å². The van der Waals surface area contributed by atoms with Gasteiger partial charge >= 0.3 is 12.1 Å². The molecule has 0 aromatic heterocycles. The summed E-state index contributed by atoms with van der Waals surface area (Å²) in [5, 5.41) is 11.8. The first-order valence-electron chi connectivity index (χ1n) is 7.54. The highest BCUT2D eigenvalue weighted by molar-refractivity contribution is 5.91. The molecule has 0 bridgehead atoms. The maximum atomic E-state index is 11.5. The van der Waals surface area contributed by atoms with Gasteiger partial charge in [0.1, 0.15) is 11.4 Å². The molecule has 0 aliphatic heterocycles. The van der Waals surface area contributed by atoms with E-state index >= 15 is 0 Å². The van der Waals surface area contributed by atoms with Crippen LogP contribution >= 0.6 is 0 Å². The molecule has 6 nitrogen and oxygen atoms in total. The molecule has 0 saturated carbocycles. The lowest BCUT2D eigenvalue weighted by Crippen LogP contribution is -2.33. The lowest BCUT2D eigenvalue weighted by Gasteiger charge is -2.19. The normalized spacial score (nSPS) is 11.0. The molecule has 0 atom stereocenters. The van der Waals surface area contributed by atoms with E-state index in [1.165, 1.54) is 0 Å². The summed E-state index contributed by atoms with van der Waals surface area (Å²) < 4.78 is 10.7. The standard InChI is InChI=1S/C17H25NO5/c1-11-9-13(10-12(2)14(11)15(19)20)22-8-6-7-18-16(21)23-17(3,4)5/h9-10H,6-8H2,1-5H3,(H,18,21)(H,19,20). The summed E-state index contributed by atoms with van der Waals surface area (Å²) in [5.74, 6) is -0.310. The van der Waals surface area contributed by atoms with Gasteiger partial charge in [-0.3, -0.25) is 0 Å². The fourth-order valence-electron chi connectivity index (χ4n) is 2.11. The fourth-order valence-corrected chi connectivity index (χ4v) is 2.11. The van der Waals surface area contributed by atoms with Crippen LogP contribution in [0.1, 0.15) is 48.7 Å². The molecule has 23 heavy (non-hydrogen) atoms. The van der Waals surface area contributed by atoms with Crippen molar-refractivity contribution >= 4 is 12.1 Å². The number of aryl methyl sites for hydroxylation is 2. The van der Waals surface area contributed by atoms with E-state index in [1.54, 1.807) is 46.8 Å². The number of alkyl carbamates (subject to hydrolysis) is 1. The van der Waals surface area contributed by atoms with Gasteiger partial charge in [0, 0.05) is 6.54 Å². The maximum Gasteiger partial charge on any atom is 0.407 e. The summed E-state index contributed by atoms with van der Waals surface area (Å²) in [4.78, 5) is 22.6. The van der Waals surface area contributed by atoms with Crippen LogP contribution in [0.25, 0.3) is 0 Å². The fraction of sp³-hybridized carbons (Fsp3) is 0.529. The summed E-state index contributed by atoms with van der Waals surface area (Å²) in [6.07, 6.45) is 0.174. The molecule has 0 unspecified atom stereocenters. The third-order valence-electron chi connectivity index (χ3n) is 2.98. The zero-order valence-corrected chi connectivity index (χ0v) is 14.4. The molecular weight excluding hydrogens is 298 g/mol. The smallest absolute Gasteiger partial charge is 0.407 e. The number of carbonyl (C=O) groups is 2. The largest absolute Gasteiger partial charge is 0.494 e. The molecule has 0 heterocycles. The van der Waals surface area contributed by atoms with Crippen molar-refractivity contribution in [3.05, 3.63) is 28.8 Å². The number of amides is 1. The van der Waals surface area contributed by atoms with E-state index in [-0.39, 0.29) is 0 Å². The number of hydrogen-bond donors (Lipinski definition) is 2. The number of ether oxygens (including phenoxy) is 2. The molecule has 0 saturated heterocycles. The Morgan fingerprint density at radius 1 is 1.17 bits per heavy atom. The summed E-state index contributed by atoms with van der Waals surface area (Å²) >= 11 is 0. The molecule has 0 aliphatic carbocycles. The van der Waals surface area contributed by atoms with E-state index in [0.717, 1.165) is 0 Å². The second-order valence-corrected chi connectivity index (χ2v) is 6.37. The molecule has 0 radical (unpaired) electrons. The van der Waals surface area contributed by atoms with Crippen LogP contribution in [0.4, 0.5) is 4.79 Å². The lowest BCUT2D eigenvalue weighted by atomic mass is 10.0. The average molecular weight is 323 g/mol. The van der Waals surface area contributed by atoms with Gasteiger partial charge in [-0.15, -0.1) is 0 Å². The Bertz CT molecular complexity index is 552. The minimum atomic E-state index is -0.937. The summed E-state index contributed by atoms with van der Waals surface area (Å²) in [7, 11) is 0. The Balaban J connectivity index is 2.40. The van der Waals surface area contributed by atoms with E-state index < -0.39 is 17.7 Å². The third kappa shape index (κ3) is 6.59. The Kier molecular flexibility index (Phi) is 6.42. The molecular formula is C17H25NO5. The van der Waals surface area contributed by atoms with Crippen molar-refractivity contribution in [2.75, 3.05) is 13.2 Å². The van der Waals surface area contributed by atoms with Crippen LogP contribution in [0, 0.1) is 13.8 Å². The van der Waals surface area contributed by atoms with Crippen LogP contribution in [0.2, 0.25) is 0 Å². The highest BCUT2D eigenvalue weighted by Crippen LogP contribution is 2.22. The second-order valence-electron chi connectivity index (χ2n) is 6.37. The predicted molar refractivity (Wildman–Crippen MR) is 87.2 cm³/mol. The molecule has 128 valence electrons. The van der Waals surface area contributed by atoms with E-state index in [2.05, 4.69) is 5.32 Å². The van der Waals surface area contributed by atoms with Crippen molar-refractivity contribution in [1.82, 2.24) is 5.32 Å². The summed E-state index contributed by atoms with van der Waals surface area (Å²) in [5.41, 5.74) is 1.13. The Morgan fingerprint density at radius 3 is 2.22 bits per heavy atom. The average Bonchev–Trinajstić information content (AvgIpc) is 2.34. The summed E-state index contributed by atoms with van der Waals surface area (Å²) in [6, 6.07) is 3.41. The molecule has 1 aromatic rings. The van der Waals surface area contributed by atoms with E-state index in [4.69, 9.17) is 14.6 Å². The van der Waals surface area contributed by atoms with E-state index in [1.807, 2.05) is 0 Å². The monoisotopic (exact) mass is 323 g/mol. The van der Waals surface area contributed by atoms with Gasteiger partial charge in [-0.1, -0.05) is 0 Å². The minimum Gasteiger partial charge on any atom is -0.494 e. The van der Waals surface area contributed by atoms with Crippen LogP contribution in [0.15, 0.2) is 12.1 Å². The van der Waals surface area contributed by atoms with Gasteiger partial charge in [-0.2, -0.15) is 0 Å². The number of carboxylic acids is 1. The number of nitrogens with one attached hydrogen (secondary N) is 1. The second kappa shape index (κ2) is 7.85. The number of hydrogen-bond acceptors (Lipinski definition) is 4. The first-order valence-corrected chi connectivity index (χ1v) is 7.54. The Hall–Kier alpha value is -2.24. The number of carboxylic acid groups (broad SMARTS) is 1. The minimum absolute atomic E-state index is 0.309. The predicted octanol–water partition coefficient (Wildman–Crippen LogP) is 3.30. The molecule has 1 rings (SSSR count). The molecule has 0 fully saturated rings. The van der Waals surface area contributed by atoms with Crippen LogP contribution in [0.3, 0.4) is 0 Å². The van der Waals surface area contributed by atoms with Gasteiger partial charge in [0.05, 0.1) is 12.2 Å². The third-order valence-corrected chi connectivity index (χ3v) is 2.98. The number of aromatic carboxylic acids is 1. The SMILES string of the molecule is Cc1cc(OCCCNC(=O)OC(C)(C)C)cc(C)c1C(=O)O. The first kappa shape index (κ1) is 18.8. The quantitative estimate of drug-likeness (QED) is 0.785. The van der Waals surface area contributed by atoms with E-state index in [9.17, 15) is 9.59 Å². The number of rotatable bonds is 6. The molecule has 1 aromatic carbocycles. The van der Waals surface area contributed by atoms with Gasteiger partial charge in [0.2, 0.25) is 0 Å². The first-order chi connectivity index (χ1) is 10.6.